The fourth-order valence-electron chi connectivity index (χ4n) is 4.98. The van der Waals surface area contributed by atoms with E-state index in [2.05, 4.69) is 0 Å². The van der Waals surface area contributed by atoms with Crippen molar-refractivity contribution < 1.29 is 14.6 Å². The van der Waals surface area contributed by atoms with Crippen molar-refractivity contribution in [2.75, 3.05) is 0 Å². The number of nitro benzene ring substituents is 2. The summed E-state index contributed by atoms with van der Waals surface area (Å²) in [5.41, 5.74) is 2.18. The van der Waals surface area contributed by atoms with Crippen LogP contribution in [0.1, 0.15) is 46.8 Å². The molecule has 1 heterocycles. The molecule has 1 saturated carbocycles. The Bertz CT molecular complexity index is 1470. The SMILES string of the molecule is O=C(c1cc([N+](=O)[O-])cc([N+](=O)[O-])c1)N1N=C2/C(=C/c3ccc(Cl)cc3)CCC[C@H]2[C@@H]1c1ccc(Cl)cc1. The zero-order valence-corrected chi connectivity index (χ0v) is 21.3. The molecular formula is C27H20Cl2N4O5. The van der Waals surface area contributed by atoms with E-state index in [4.69, 9.17) is 28.3 Å². The summed E-state index contributed by atoms with van der Waals surface area (Å²) in [6, 6.07) is 16.9. The Hall–Kier alpha value is -4.08. The minimum atomic E-state index is -0.761. The van der Waals surface area contributed by atoms with E-state index in [0.29, 0.717) is 10.0 Å². The topological polar surface area (TPSA) is 119 Å². The zero-order valence-electron chi connectivity index (χ0n) is 19.8. The van der Waals surface area contributed by atoms with Crippen molar-refractivity contribution in [1.82, 2.24) is 5.01 Å². The quantitative estimate of drug-likeness (QED) is 0.245. The van der Waals surface area contributed by atoms with Gasteiger partial charge in [-0.2, -0.15) is 5.10 Å². The highest BCUT2D eigenvalue weighted by molar-refractivity contribution is 6.30. The number of rotatable bonds is 5. The van der Waals surface area contributed by atoms with E-state index in [1.165, 1.54) is 5.01 Å². The number of halogens is 2. The van der Waals surface area contributed by atoms with Crippen LogP contribution in [-0.4, -0.2) is 26.5 Å². The maximum atomic E-state index is 13.8. The smallest absolute Gasteiger partial charge is 0.267 e. The van der Waals surface area contributed by atoms with Gasteiger partial charge in [0.1, 0.15) is 0 Å². The van der Waals surface area contributed by atoms with E-state index in [1.807, 2.05) is 30.3 Å². The lowest BCUT2D eigenvalue weighted by molar-refractivity contribution is -0.394. The monoisotopic (exact) mass is 550 g/mol. The second-order valence-corrected chi connectivity index (χ2v) is 9.98. The minimum absolute atomic E-state index is 0.138. The molecule has 3 aromatic rings. The molecule has 9 nitrogen and oxygen atoms in total. The molecule has 0 bridgehead atoms. The Morgan fingerprint density at radius 3 is 2.08 bits per heavy atom. The van der Waals surface area contributed by atoms with Crippen LogP contribution in [0.15, 0.2) is 77.4 Å². The number of hydrazone groups is 1. The number of hydrogen-bond donors (Lipinski definition) is 0. The van der Waals surface area contributed by atoms with Crippen LogP contribution in [0.25, 0.3) is 6.08 Å². The van der Waals surface area contributed by atoms with Gasteiger partial charge in [-0.25, -0.2) is 5.01 Å². The average molecular weight is 551 g/mol. The van der Waals surface area contributed by atoms with Gasteiger partial charge in [0, 0.05) is 28.1 Å². The van der Waals surface area contributed by atoms with Gasteiger partial charge in [-0.15, -0.1) is 0 Å². The van der Waals surface area contributed by atoms with Gasteiger partial charge in [0.15, 0.2) is 0 Å². The van der Waals surface area contributed by atoms with Gasteiger partial charge >= 0.3 is 0 Å². The van der Waals surface area contributed by atoms with Gasteiger partial charge in [0.05, 0.1) is 33.2 Å². The van der Waals surface area contributed by atoms with E-state index in [9.17, 15) is 25.0 Å². The maximum absolute atomic E-state index is 13.8. The van der Waals surface area contributed by atoms with E-state index in [-0.39, 0.29) is 11.5 Å². The van der Waals surface area contributed by atoms with Crippen molar-refractivity contribution in [3.63, 3.8) is 0 Å². The molecule has 0 radical (unpaired) electrons. The largest absolute Gasteiger partial charge is 0.277 e. The number of fused-ring (bicyclic) bond motifs is 1. The van der Waals surface area contributed by atoms with Crippen molar-refractivity contribution in [3.05, 3.63) is 119 Å². The Morgan fingerprint density at radius 2 is 1.50 bits per heavy atom. The molecule has 2 aliphatic rings. The average Bonchev–Trinajstić information content (AvgIpc) is 3.30. The molecule has 0 aromatic heterocycles. The normalized spacial score (nSPS) is 19.7. The van der Waals surface area contributed by atoms with Gasteiger partial charge in [0.2, 0.25) is 0 Å². The second-order valence-electron chi connectivity index (χ2n) is 9.10. The molecule has 2 atom stereocenters. The molecule has 0 unspecified atom stereocenters. The molecule has 38 heavy (non-hydrogen) atoms. The Balaban J connectivity index is 1.61. The van der Waals surface area contributed by atoms with E-state index in [0.717, 1.165) is 59.9 Å². The molecule has 1 aliphatic heterocycles. The molecule has 1 aliphatic carbocycles. The van der Waals surface area contributed by atoms with Gasteiger partial charge in [0.25, 0.3) is 17.3 Å². The van der Waals surface area contributed by atoms with Crippen LogP contribution in [-0.2, 0) is 0 Å². The Kier molecular flexibility index (Phi) is 6.96. The van der Waals surface area contributed by atoms with Gasteiger partial charge in [-0.3, -0.25) is 25.0 Å². The highest BCUT2D eigenvalue weighted by Gasteiger charge is 2.44. The first-order valence-electron chi connectivity index (χ1n) is 11.8. The van der Waals surface area contributed by atoms with Crippen LogP contribution in [0.2, 0.25) is 10.0 Å². The number of hydrogen-bond acceptors (Lipinski definition) is 6. The number of allylic oxidation sites excluding steroid dienone is 1. The highest BCUT2D eigenvalue weighted by Crippen LogP contribution is 2.45. The van der Waals surface area contributed by atoms with Crippen molar-refractivity contribution >= 4 is 52.3 Å². The van der Waals surface area contributed by atoms with Crippen molar-refractivity contribution in [2.24, 2.45) is 11.0 Å². The van der Waals surface area contributed by atoms with Crippen molar-refractivity contribution in [2.45, 2.75) is 25.3 Å². The molecule has 5 rings (SSSR count). The maximum Gasteiger partial charge on any atom is 0.277 e. The molecule has 11 heteroatoms. The van der Waals surface area contributed by atoms with E-state index >= 15 is 0 Å². The predicted octanol–water partition coefficient (Wildman–Crippen LogP) is 7.25. The highest BCUT2D eigenvalue weighted by atomic mass is 35.5. The van der Waals surface area contributed by atoms with Crippen molar-refractivity contribution in [1.29, 1.82) is 0 Å². The second kappa shape index (κ2) is 10.4. The summed E-state index contributed by atoms with van der Waals surface area (Å²) < 4.78 is 0. The van der Waals surface area contributed by atoms with E-state index < -0.39 is 33.2 Å². The fraction of sp³-hybridized carbons (Fsp3) is 0.185. The summed E-state index contributed by atoms with van der Waals surface area (Å²) in [5.74, 6) is -0.800. The van der Waals surface area contributed by atoms with Gasteiger partial charge in [-0.05, 0) is 66.3 Å². The predicted molar refractivity (Wildman–Crippen MR) is 144 cm³/mol. The first-order chi connectivity index (χ1) is 18.2. The molecule has 0 spiro atoms. The molecular weight excluding hydrogens is 531 g/mol. The number of non-ortho nitro benzene ring substituents is 2. The van der Waals surface area contributed by atoms with E-state index in [1.54, 1.807) is 24.3 Å². The first kappa shape index (κ1) is 25.6. The lowest BCUT2D eigenvalue weighted by Crippen LogP contribution is -2.32. The third kappa shape index (κ3) is 5.03. The summed E-state index contributed by atoms with van der Waals surface area (Å²) in [6.45, 7) is 0. The number of carbonyl (C=O) groups excluding carboxylic acids is 1. The van der Waals surface area contributed by atoms with Gasteiger partial charge in [-0.1, -0.05) is 47.5 Å². The first-order valence-corrected chi connectivity index (χ1v) is 12.5. The summed E-state index contributed by atoms with van der Waals surface area (Å²) in [5, 5.41) is 30.1. The number of nitro groups is 2. The Morgan fingerprint density at radius 1 is 0.921 bits per heavy atom. The Labute approximate surface area is 227 Å². The zero-order chi connectivity index (χ0) is 27.0. The summed E-state index contributed by atoms with van der Waals surface area (Å²) in [7, 11) is 0. The lowest BCUT2D eigenvalue weighted by atomic mass is 9.77. The number of benzene rings is 3. The van der Waals surface area contributed by atoms with Crippen molar-refractivity contribution in [3.8, 4) is 0 Å². The van der Waals surface area contributed by atoms with Crippen LogP contribution < -0.4 is 0 Å². The third-order valence-corrected chi connectivity index (χ3v) is 7.21. The van der Waals surface area contributed by atoms with Crippen LogP contribution in [0.5, 0.6) is 0 Å². The molecule has 1 amide bonds. The molecule has 192 valence electrons. The molecule has 0 N–H and O–H groups in total. The third-order valence-electron chi connectivity index (χ3n) is 6.70. The molecule has 1 fully saturated rings. The summed E-state index contributed by atoms with van der Waals surface area (Å²) in [6.07, 6.45) is 4.42. The van der Waals surface area contributed by atoms with Crippen LogP contribution in [0.3, 0.4) is 0 Å². The van der Waals surface area contributed by atoms with Gasteiger partial charge < -0.3 is 0 Å². The van der Waals surface area contributed by atoms with Crippen LogP contribution in [0, 0.1) is 26.1 Å². The standard InChI is InChI=1S/C27H20Cl2N4O5/c28-20-8-4-16(5-9-20)12-18-2-1-3-24-25(18)30-31(26(24)17-6-10-21(29)11-7-17)27(34)19-13-22(32(35)36)15-23(14-19)33(37)38/h4-15,24,26H,1-3H2/b18-12+/t24-,26+/m1/s1. The summed E-state index contributed by atoms with van der Waals surface area (Å²) in [4.78, 5) is 35.2. The number of carbonyl (C=O) groups is 1. The lowest BCUT2D eigenvalue weighted by Gasteiger charge is -2.29. The number of nitrogens with zero attached hydrogens (tertiary/aromatic N) is 4. The molecule has 0 saturated heterocycles. The van der Waals surface area contributed by atoms with Crippen LogP contribution >= 0.6 is 23.2 Å². The number of amides is 1. The minimum Gasteiger partial charge on any atom is -0.267 e. The van der Waals surface area contributed by atoms with Crippen LogP contribution in [0.4, 0.5) is 11.4 Å². The summed E-state index contributed by atoms with van der Waals surface area (Å²) >= 11 is 12.1. The molecule has 3 aromatic carbocycles. The fourth-order valence-corrected chi connectivity index (χ4v) is 5.24.